The molecule has 0 radical (unpaired) electrons. The molecule has 0 aliphatic heterocycles. The number of esters is 1. The minimum Gasteiger partial charge on any atom is -0.465 e. The van der Waals surface area contributed by atoms with Gasteiger partial charge in [-0.15, -0.1) is 0 Å². The number of anilines is 2. The first-order chi connectivity index (χ1) is 8.65. The van der Waals surface area contributed by atoms with Gasteiger partial charge in [-0.05, 0) is 24.3 Å². The van der Waals surface area contributed by atoms with Gasteiger partial charge in [0.05, 0.1) is 24.0 Å². The van der Waals surface area contributed by atoms with Crippen molar-refractivity contribution >= 4 is 17.3 Å². The molecule has 2 rings (SSSR count). The number of carbonyl (C=O) groups excluding carboxylic acids is 1. The molecule has 0 saturated carbocycles. The maximum Gasteiger partial charge on any atom is 0.337 e. The molecule has 2 aromatic carbocycles. The number of ether oxygens (including phenoxy) is 1. The Morgan fingerprint density at radius 2 is 1.33 bits per heavy atom. The van der Waals surface area contributed by atoms with Gasteiger partial charge in [0.1, 0.15) is 0 Å². The van der Waals surface area contributed by atoms with Crippen LogP contribution in [-0.2, 0) is 4.74 Å². The quantitative estimate of drug-likeness (QED) is 0.596. The van der Waals surface area contributed by atoms with E-state index in [2.05, 4.69) is 4.74 Å². The Labute approximate surface area is 106 Å². The third-order valence-corrected chi connectivity index (χ3v) is 2.19. The second kappa shape index (κ2) is 6.96. The minimum atomic E-state index is -0.291. The molecule has 18 heavy (non-hydrogen) atoms. The van der Waals surface area contributed by atoms with Crippen molar-refractivity contribution in [3.05, 3.63) is 60.2 Å². The number of nitrogen functional groups attached to an aromatic ring is 2. The fraction of sp³-hybridized carbons (Fsp3) is 0.0714. The Hall–Kier alpha value is -2.49. The van der Waals surface area contributed by atoms with E-state index in [1.165, 1.54) is 7.11 Å². The largest absolute Gasteiger partial charge is 0.465 e. The van der Waals surface area contributed by atoms with Crippen molar-refractivity contribution < 1.29 is 9.53 Å². The normalized spacial score (nSPS) is 8.94. The summed E-state index contributed by atoms with van der Waals surface area (Å²) in [5.74, 6) is -0.291. The van der Waals surface area contributed by atoms with E-state index in [0.29, 0.717) is 16.9 Å². The van der Waals surface area contributed by atoms with Crippen LogP contribution in [0.3, 0.4) is 0 Å². The Morgan fingerprint density at radius 3 is 1.72 bits per heavy atom. The molecule has 0 saturated heterocycles. The van der Waals surface area contributed by atoms with E-state index in [0.717, 1.165) is 0 Å². The van der Waals surface area contributed by atoms with Crippen LogP contribution in [0.25, 0.3) is 0 Å². The number of benzene rings is 2. The summed E-state index contributed by atoms with van der Waals surface area (Å²) in [5.41, 5.74) is 12.7. The van der Waals surface area contributed by atoms with Crippen molar-refractivity contribution in [3.8, 4) is 0 Å². The van der Waals surface area contributed by atoms with Gasteiger partial charge in [-0.3, -0.25) is 0 Å². The summed E-state index contributed by atoms with van der Waals surface area (Å²) < 4.78 is 4.50. The molecule has 0 amide bonds. The number of nitrogens with two attached hydrogens (primary N) is 2. The molecule has 4 heteroatoms. The average Bonchev–Trinajstić information content (AvgIpc) is 2.43. The monoisotopic (exact) mass is 244 g/mol. The van der Waals surface area contributed by atoms with Gasteiger partial charge in [0.25, 0.3) is 0 Å². The first-order valence-corrected chi connectivity index (χ1v) is 5.38. The molecular formula is C14H16N2O2. The molecule has 94 valence electrons. The first-order valence-electron chi connectivity index (χ1n) is 5.38. The zero-order chi connectivity index (χ0) is 13.4. The van der Waals surface area contributed by atoms with Crippen LogP contribution in [0.4, 0.5) is 11.4 Å². The summed E-state index contributed by atoms with van der Waals surface area (Å²) in [6.07, 6.45) is 0. The van der Waals surface area contributed by atoms with Crippen molar-refractivity contribution in [3.63, 3.8) is 0 Å². The van der Waals surface area contributed by atoms with Crippen LogP contribution in [0, 0.1) is 0 Å². The van der Waals surface area contributed by atoms with E-state index in [1.54, 1.807) is 36.4 Å². The number of para-hydroxylation sites is 2. The number of hydrogen-bond donors (Lipinski definition) is 2. The average molecular weight is 244 g/mol. The predicted octanol–water partition coefficient (Wildman–Crippen LogP) is 2.32. The number of hydrogen-bond acceptors (Lipinski definition) is 4. The summed E-state index contributed by atoms with van der Waals surface area (Å²) in [7, 11) is 1.37. The second-order valence-electron chi connectivity index (χ2n) is 3.49. The number of rotatable bonds is 1. The Morgan fingerprint density at radius 1 is 0.889 bits per heavy atom. The molecule has 0 spiro atoms. The summed E-state index contributed by atoms with van der Waals surface area (Å²) in [6, 6.07) is 16.1. The molecule has 0 fully saturated rings. The van der Waals surface area contributed by atoms with Crippen LogP contribution >= 0.6 is 0 Å². The maximum absolute atomic E-state index is 10.8. The van der Waals surface area contributed by atoms with Gasteiger partial charge in [-0.25, -0.2) is 4.79 Å². The van der Waals surface area contributed by atoms with Crippen LogP contribution in [0.5, 0.6) is 0 Å². The molecule has 4 N–H and O–H groups in total. The molecule has 0 aromatic heterocycles. The lowest BCUT2D eigenvalue weighted by Gasteiger charge is -1.95. The van der Waals surface area contributed by atoms with Crippen molar-refractivity contribution in [2.75, 3.05) is 18.6 Å². The van der Waals surface area contributed by atoms with E-state index >= 15 is 0 Å². The molecule has 0 atom stereocenters. The molecule has 4 nitrogen and oxygen atoms in total. The molecule has 0 bridgehead atoms. The van der Waals surface area contributed by atoms with Crippen molar-refractivity contribution in [2.24, 2.45) is 0 Å². The Kier molecular flexibility index (Phi) is 5.25. The SMILES string of the molecule is COC(=O)c1ccccc1.Nc1ccccc1N. The lowest BCUT2D eigenvalue weighted by atomic mass is 10.2. The van der Waals surface area contributed by atoms with Crippen molar-refractivity contribution in [1.29, 1.82) is 0 Å². The highest BCUT2D eigenvalue weighted by Gasteiger charge is 2.00. The second-order valence-corrected chi connectivity index (χ2v) is 3.49. The summed E-state index contributed by atoms with van der Waals surface area (Å²) in [6.45, 7) is 0. The minimum absolute atomic E-state index is 0.291. The molecule has 2 aromatic rings. The zero-order valence-electron chi connectivity index (χ0n) is 10.2. The lowest BCUT2D eigenvalue weighted by molar-refractivity contribution is 0.0601. The van der Waals surface area contributed by atoms with E-state index in [9.17, 15) is 4.79 Å². The van der Waals surface area contributed by atoms with Gasteiger partial charge < -0.3 is 16.2 Å². The fourth-order valence-electron chi connectivity index (χ4n) is 1.20. The van der Waals surface area contributed by atoms with Gasteiger partial charge in [-0.1, -0.05) is 30.3 Å². The summed E-state index contributed by atoms with van der Waals surface area (Å²) >= 11 is 0. The van der Waals surface area contributed by atoms with Gasteiger partial charge in [0.2, 0.25) is 0 Å². The van der Waals surface area contributed by atoms with Crippen molar-refractivity contribution in [1.82, 2.24) is 0 Å². The molecule has 0 aliphatic rings. The van der Waals surface area contributed by atoms with Crippen molar-refractivity contribution in [2.45, 2.75) is 0 Å². The third kappa shape index (κ3) is 4.17. The molecule has 0 heterocycles. The Bertz CT molecular complexity index is 477. The van der Waals surface area contributed by atoms with Crippen LogP contribution in [0.15, 0.2) is 54.6 Å². The smallest absolute Gasteiger partial charge is 0.337 e. The maximum atomic E-state index is 10.8. The number of carbonyl (C=O) groups is 1. The van der Waals surface area contributed by atoms with Crippen LogP contribution in [0.2, 0.25) is 0 Å². The van der Waals surface area contributed by atoms with Gasteiger partial charge in [0, 0.05) is 0 Å². The van der Waals surface area contributed by atoms with Gasteiger partial charge in [0.15, 0.2) is 0 Å². The zero-order valence-corrected chi connectivity index (χ0v) is 10.2. The third-order valence-electron chi connectivity index (χ3n) is 2.19. The summed E-state index contributed by atoms with van der Waals surface area (Å²) in [5, 5.41) is 0. The van der Waals surface area contributed by atoms with Gasteiger partial charge in [-0.2, -0.15) is 0 Å². The highest BCUT2D eigenvalue weighted by atomic mass is 16.5. The summed E-state index contributed by atoms with van der Waals surface area (Å²) in [4.78, 5) is 10.8. The highest BCUT2D eigenvalue weighted by molar-refractivity contribution is 5.89. The van der Waals surface area contributed by atoms with Crippen LogP contribution in [-0.4, -0.2) is 13.1 Å². The number of methoxy groups -OCH3 is 1. The molecule has 0 aliphatic carbocycles. The topological polar surface area (TPSA) is 78.3 Å². The fourth-order valence-corrected chi connectivity index (χ4v) is 1.20. The van der Waals surface area contributed by atoms with E-state index in [4.69, 9.17) is 11.5 Å². The Balaban J connectivity index is 0.000000184. The van der Waals surface area contributed by atoms with Crippen LogP contribution in [0.1, 0.15) is 10.4 Å². The highest BCUT2D eigenvalue weighted by Crippen LogP contribution is 2.10. The first kappa shape index (κ1) is 13.6. The standard InChI is InChI=1S/C8H8O2.C6H8N2/c1-10-8(9)7-5-3-2-4-6-7;7-5-3-1-2-4-6(5)8/h2-6H,1H3;1-4H,7-8H2. The van der Waals surface area contributed by atoms with Gasteiger partial charge >= 0.3 is 5.97 Å². The molecular weight excluding hydrogens is 228 g/mol. The molecule has 0 unspecified atom stereocenters. The van der Waals surface area contributed by atoms with E-state index in [1.807, 2.05) is 18.2 Å². The lowest BCUT2D eigenvalue weighted by Crippen LogP contribution is -1.99. The van der Waals surface area contributed by atoms with E-state index < -0.39 is 0 Å². The van der Waals surface area contributed by atoms with E-state index in [-0.39, 0.29) is 5.97 Å². The van der Waals surface area contributed by atoms with Crippen LogP contribution < -0.4 is 11.5 Å². The predicted molar refractivity (Wildman–Crippen MR) is 73.0 cm³/mol.